The lowest BCUT2D eigenvalue weighted by molar-refractivity contribution is 0.794. The first-order chi connectivity index (χ1) is 27.6. The standard InChI is InChI=1S/C54H44N2/c1-3-5-19-38(4-2)52(55)35-53(56-36-37-17-8-6-9-18-37)43-23-16-22-40(32-43)42-29-31-47-46-30-28-41(39-20-10-7-11-21-39)33-50(46)54(51(47)34-42)48-26-14-12-24-44(48)45-25-13-15-27-49(45)54/h4-35H,3,36,55H2,1-2H3/b19-5-,38-4+,52-35-,56-53?. The van der Waals surface area contributed by atoms with Crippen molar-refractivity contribution in [3.63, 3.8) is 0 Å². The van der Waals surface area contributed by atoms with Crippen LogP contribution in [0.3, 0.4) is 0 Å². The van der Waals surface area contributed by atoms with Crippen LogP contribution in [-0.2, 0) is 12.0 Å². The monoisotopic (exact) mass is 720 g/mol. The summed E-state index contributed by atoms with van der Waals surface area (Å²) >= 11 is 0. The highest BCUT2D eigenvalue weighted by molar-refractivity contribution is 6.10. The molecule has 2 heteroatoms. The Bertz CT molecular complexity index is 2660. The molecule has 7 aromatic carbocycles. The molecule has 7 aromatic rings. The van der Waals surface area contributed by atoms with Gasteiger partial charge in [0, 0.05) is 11.3 Å². The van der Waals surface area contributed by atoms with Gasteiger partial charge in [-0.05, 0) is 116 Å². The Morgan fingerprint density at radius 1 is 0.554 bits per heavy atom. The molecule has 0 amide bonds. The van der Waals surface area contributed by atoms with E-state index in [1.807, 2.05) is 19.1 Å². The summed E-state index contributed by atoms with van der Waals surface area (Å²) < 4.78 is 0. The minimum absolute atomic E-state index is 0.454. The number of allylic oxidation sites excluding steroid dienone is 4. The van der Waals surface area contributed by atoms with Crippen LogP contribution in [0.25, 0.3) is 44.5 Å². The van der Waals surface area contributed by atoms with E-state index in [9.17, 15) is 0 Å². The fourth-order valence-electron chi connectivity index (χ4n) is 8.80. The van der Waals surface area contributed by atoms with Crippen molar-refractivity contribution in [2.45, 2.75) is 32.2 Å². The van der Waals surface area contributed by atoms with E-state index in [0.717, 1.165) is 34.4 Å². The van der Waals surface area contributed by atoms with Crippen molar-refractivity contribution in [1.29, 1.82) is 0 Å². The molecule has 0 radical (unpaired) electrons. The fourth-order valence-corrected chi connectivity index (χ4v) is 8.80. The number of hydrogen-bond donors (Lipinski definition) is 1. The second kappa shape index (κ2) is 14.8. The molecule has 0 atom stereocenters. The lowest BCUT2D eigenvalue weighted by Crippen LogP contribution is -2.26. The van der Waals surface area contributed by atoms with Crippen molar-refractivity contribution in [3.05, 3.63) is 239 Å². The number of nitrogens with zero attached hydrogens (tertiary/aromatic N) is 1. The molecule has 270 valence electrons. The Morgan fingerprint density at radius 2 is 1.09 bits per heavy atom. The van der Waals surface area contributed by atoms with Crippen LogP contribution < -0.4 is 5.73 Å². The first kappa shape index (κ1) is 35.0. The van der Waals surface area contributed by atoms with Gasteiger partial charge < -0.3 is 5.73 Å². The van der Waals surface area contributed by atoms with Crippen molar-refractivity contribution in [1.82, 2.24) is 0 Å². The number of fused-ring (bicyclic) bond motifs is 10. The molecule has 9 rings (SSSR count). The third kappa shape index (κ3) is 5.95. The van der Waals surface area contributed by atoms with E-state index in [4.69, 9.17) is 10.7 Å². The van der Waals surface area contributed by atoms with E-state index in [1.165, 1.54) is 61.2 Å². The van der Waals surface area contributed by atoms with E-state index in [2.05, 4.69) is 189 Å². The molecule has 0 saturated carbocycles. The average Bonchev–Trinajstić information content (AvgIpc) is 3.72. The summed E-state index contributed by atoms with van der Waals surface area (Å²) in [6.07, 6.45) is 9.27. The zero-order valence-electron chi connectivity index (χ0n) is 31.9. The van der Waals surface area contributed by atoms with Crippen molar-refractivity contribution in [3.8, 4) is 44.5 Å². The molecule has 0 saturated heterocycles. The summed E-state index contributed by atoms with van der Waals surface area (Å²) in [5, 5.41) is 0. The minimum Gasteiger partial charge on any atom is -0.398 e. The average molecular weight is 721 g/mol. The molecule has 2 aliphatic carbocycles. The molecule has 1 spiro atoms. The van der Waals surface area contributed by atoms with E-state index >= 15 is 0 Å². The number of hydrogen-bond acceptors (Lipinski definition) is 2. The quantitative estimate of drug-likeness (QED) is 0.117. The molecule has 2 aliphatic rings. The summed E-state index contributed by atoms with van der Waals surface area (Å²) in [5.41, 5.74) is 26.3. The second-order valence-corrected chi connectivity index (χ2v) is 14.7. The Balaban J connectivity index is 1.21. The Labute approximate surface area is 330 Å². The van der Waals surface area contributed by atoms with Crippen LogP contribution in [0.5, 0.6) is 0 Å². The largest absolute Gasteiger partial charge is 0.398 e. The molecule has 2 N–H and O–H groups in total. The highest BCUT2D eigenvalue weighted by Crippen LogP contribution is 2.63. The van der Waals surface area contributed by atoms with Gasteiger partial charge in [-0.2, -0.15) is 0 Å². The van der Waals surface area contributed by atoms with Crippen LogP contribution in [0, 0.1) is 0 Å². The lowest BCUT2D eigenvalue weighted by atomic mass is 9.70. The Morgan fingerprint density at radius 3 is 1.71 bits per heavy atom. The predicted molar refractivity (Wildman–Crippen MR) is 236 cm³/mol. The van der Waals surface area contributed by atoms with E-state index in [-0.39, 0.29) is 0 Å². The predicted octanol–water partition coefficient (Wildman–Crippen LogP) is 13.1. The third-order valence-corrected chi connectivity index (χ3v) is 11.4. The molecule has 56 heavy (non-hydrogen) atoms. The highest BCUT2D eigenvalue weighted by Gasteiger charge is 2.51. The summed E-state index contributed by atoms with van der Waals surface area (Å²) in [4.78, 5) is 5.17. The van der Waals surface area contributed by atoms with Crippen molar-refractivity contribution in [2.24, 2.45) is 10.7 Å². The van der Waals surface area contributed by atoms with Crippen LogP contribution in [-0.4, -0.2) is 5.71 Å². The fraction of sp³-hybridized carbons (Fsp3) is 0.0926. The van der Waals surface area contributed by atoms with Crippen molar-refractivity contribution < 1.29 is 0 Å². The summed E-state index contributed by atoms with van der Waals surface area (Å²) in [6, 6.07) is 62.1. The van der Waals surface area contributed by atoms with Crippen LogP contribution in [0.1, 0.15) is 53.6 Å². The zero-order chi connectivity index (χ0) is 38.1. The normalized spacial score (nSPS) is 14.1. The van der Waals surface area contributed by atoms with Crippen LogP contribution in [0.15, 0.2) is 210 Å². The van der Waals surface area contributed by atoms with Gasteiger partial charge in [-0.15, -0.1) is 0 Å². The maximum Gasteiger partial charge on any atom is 0.0725 e. The van der Waals surface area contributed by atoms with Gasteiger partial charge in [-0.1, -0.05) is 177 Å². The van der Waals surface area contributed by atoms with Gasteiger partial charge in [0.1, 0.15) is 0 Å². The molecule has 0 bridgehead atoms. The van der Waals surface area contributed by atoms with Gasteiger partial charge in [-0.3, -0.25) is 4.99 Å². The van der Waals surface area contributed by atoms with Gasteiger partial charge in [-0.25, -0.2) is 0 Å². The van der Waals surface area contributed by atoms with Crippen LogP contribution in [0.2, 0.25) is 0 Å². The molecule has 0 unspecified atom stereocenters. The van der Waals surface area contributed by atoms with Gasteiger partial charge in [0.15, 0.2) is 0 Å². The smallest absolute Gasteiger partial charge is 0.0725 e. The van der Waals surface area contributed by atoms with Crippen molar-refractivity contribution >= 4 is 5.71 Å². The van der Waals surface area contributed by atoms with Gasteiger partial charge >= 0.3 is 0 Å². The number of nitrogens with two attached hydrogens (primary N) is 1. The molecular weight excluding hydrogens is 677 g/mol. The Hall–Kier alpha value is -6.77. The molecule has 0 aromatic heterocycles. The first-order valence-electron chi connectivity index (χ1n) is 19.6. The van der Waals surface area contributed by atoms with E-state index in [0.29, 0.717) is 12.2 Å². The van der Waals surface area contributed by atoms with Crippen molar-refractivity contribution in [2.75, 3.05) is 0 Å². The van der Waals surface area contributed by atoms with Crippen LogP contribution in [0.4, 0.5) is 0 Å². The topological polar surface area (TPSA) is 38.4 Å². The van der Waals surface area contributed by atoms with Gasteiger partial charge in [0.25, 0.3) is 0 Å². The van der Waals surface area contributed by atoms with Crippen LogP contribution >= 0.6 is 0 Å². The highest BCUT2D eigenvalue weighted by atomic mass is 14.7. The van der Waals surface area contributed by atoms with E-state index < -0.39 is 5.41 Å². The molecule has 2 nitrogen and oxygen atoms in total. The van der Waals surface area contributed by atoms with Gasteiger partial charge in [0.2, 0.25) is 0 Å². The first-order valence-corrected chi connectivity index (χ1v) is 19.6. The summed E-state index contributed by atoms with van der Waals surface area (Å²) in [7, 11) is 0. The third-order valence-electron chi connectivity index (χ3n) is 11.4. The second-order valence-electron chi connectivity index (χ2n) is 14.7. The molecule has 0 aliphatic heterocycles. The molecular formula is C54H44N2. The number of aliphatic imine (C=N–C) groups is 1. The molecule has 0 fully saturated rings. The lowest BCUT2D eigenvalue weighted by Gasteiger charge is -2.31. The Kier molecular flexibility index (Phi) is 9.25. The molecule has 0 heterocycles. The minimum atomic E-state index is -0.454. The summed E-state index contributed by atoms with van der Waals surface area (Å²) in [5.74, 6) is 0. The zero-order valence-corrected chi connectivity index (χ0v) is 31.9. The van der Waals surface area contributed by atoms with E-state index in [1.54, 1.807) is 0 Å². The summed E-state index contributed by atoms with van der Waals surface area (Å²) in [6.45, 7) is 4.72. The SMILES string of the molecule is C/C=C(\C=C/CC)C(/N)=C/C(=NCc1ccccc1)c1cccc(-c2ccc3c(c2)C2(c4ccccc4-c4ccccc42)c2cc(-c4ccccc4)ccc2-3)c1. The maximum atomic E-state index is 6.78. The number of benzene rings is 7. The maximum absolute atomic E-state index is 6.78. The number of rotatable bonds is 9. The van der Waals surface area contributed by atoms with Gasteiger partial charge in [0.05, 0.1) is 17.7 Å².